The van der Waals surface area contributed by atoms with Crippen LogP contribution >= 0.6 is 11.1 Å². The molecule has 0 radical (unpaired) electrons. The third-order valence-electron chi connectivity index (χ3n) is 4.39. The lowest BCUT2D eigenvalue weighted by molar-refractivity contribution is 0.585. The summed E-state index contributed by atoms with van der Waals surface area (Å²) in [4.78, 5) is 10.8. The second kappa shape index (κ2) is 11.3. The van der Waals surface area contributed by atoms with E-state index >= 15 is 0 Å². The van der Waals surface area contributed by atoms with Crippen LogP contribution < -0.4 is 15.5 Å². The van der Waals surface area contributed by atoms with Gasteiger partial charge in [-0.1, -0.05) is 13.0 Å². The number of pyridine rings is 2. The number of hydrogen-bond donors (Lipinski definition) is 2. The average Bonchev–Trinajstić information content (AvgIpc) is 3.12. The fourth-order valence-electron chi connectivity index (χ4n) is 2.97. The molecule has 0 spiro atoms. The largest absolute Gasteiger partial charge is 0.546 e. The SMILES string of the molecule is CCCN(CCCCNc1n[s+]([O-])nc1NCc1ccncc1)c1ccccn1. The lowest BCUT2D eigenvalue weighted by Gasteiger charge is -2.23. The van der Waals surface area contributed by atoms with Gasteiger partial charge in [-0.2, -0.15) is 0 Å². The number of rotatable bonds is 12. The van der Waals surface area contributed by atoms with E-state index in [4.69, 9.17) is 0 Å². The molecule has 0 aliphatic heterocycles. The third-order valence-corrected chi connectivity index (χ3v) is 5.06. The van der Waals surface area contributed by atoms with Crippen LogP contribution in [0.1, 0.15) is 31.7 Å². The zero-order chi connectivity index (χ0) is 20.3. The van der Waals surface area contributed by atoms with Gasteiger partial charge < -0.3 is 20.1 Å². The summed E-state index contributed by atoms with van der Waals surface area (Å²) in [6.07, 6.45) is 8.39. The molecule has 1 atom stereocenters. The Labute approximate surface area is 174 Å². The van der Waals surface area contributed by atoms with Crippen molar-refractivity contribution in [2.24, 2.45) is 0 Å². The van der Waals surface area contributed by atoms with Gasteiger partial charge in [0, 0.05) is 53.5 Å². The van der Waals surface area contributed by atoms with E-state index in [9.17, 15) is 4.55 Å². The van der Waals surface area contributed by atoms with Crippen molar-refractivity contribution < 1.29 is 4.55 Å². The van der Waals surface area contributed by atoms with Crippen molar-refractivity contribution in [3.8, 4) is 0 Å². The molecular weight excluding hydrogens is 386 g/mol. The van der Waals surface area contributed by atoms with Gasteiger partial charge in [0.2, 0.25) is 11.6 Å². The minimum absolute atomic E-state index is 0.543. The van der Waals surface area contributed by atoms with Gasteiger partial charge in [0.1, 0.15) is 5.82 Å². The molecule has 0 saturated heterocycles. The lowest BCUT2D eigenvalue weighted by atomic mass is 10.2. The van der Waals surface area contributed by atoms with E-state index in [2.05, 4.69) is 41.2 Å². The Morgan fingerprint density at radius 2 is 1.76 bits per heavy atom. The van der Waals surface area contributed by atoms with E-state index < -0.39 is 11.1 Å². The van der Waals surface area contributed by atoms with Crippen molar-refractivity contribution in [2.75, 3.05) is 35.2 Å². The highest BCUT2D eigenvalue weighted by atomic mass is 32.2. The van der Waals surface area contributed by atoms with Crippen molar-refractivity contribution in [3.05, 3.63) is 54.5 Å². The summed E-state index contributed by atoms with van der Waals surface area (Å²) >= 11 is -1.56. The molecule has 2 N–H and O–H groups in total. The van der Waals surface area contributed by atoms with E-state index in [1.54, 1.807) is 12.4 Å². The molecular formula is C20H27N7OS. The fraction of sp³-hybridized carbons (Fsp3) is 0.400. The first-order valence-corrected chi connectivity index (χ1v) is 10.9. The maximum atomic E-state index is 11.7. The Morgan fingerprint density at radius 3 is 2.48 bits per heavy atom. The van der Waals surface area contributed by atoms with Crippen LogP contribution in [0.4, 0.5) is 17.5 Å². The molecule has 3 aromatic rings. The van der Waals surface area contributed by atoms with Crippen molar-refractivity contribution in [2.45, 2.75) is 32.7 Å². The summed E-state index contributed by atoms with van der Waals surface area (Å²) in [5.41, 5.74) is 1.07. The number of aromatic nitrogens is 4. The van der Waals surface area contributed by atoms with Gasteiger partial charge in [0.05, 0.1) is 0 Å². The van der Waals surface area contributed by atoms with Crippen LogP contribution in [0.3, 0.4) is 0 Å². The Kier molecular flexibility index (Phi) is 8.14. The molecule has 8 nitrogen and oxygen atoms in total. The Bertz CT molecular complexity index is 845. The average molecular weight is 414 g/mol. The first-order chi connectivity index (χ1) is 14.3. The number of nitrogens with zero attached hydrogens (tertiary/aromatic N) is 5. The van der Waals surface area contributed by atoms with Gasteiger partial charge in [0.25, 0.3) is 0 Å². The molecule has 29 heavy (non-hydrogen) atoms. The molecule has 154 valence electrons. The molecule has 0 saturated carbocycles. The van der Waals surface area contributed by atoms with Gasteiger partial charge in [-0.15, -0.1) is 0 Å². The molecule has 0 fully saturated rings. The van der Waals surface area contributed by atoms with Crippen molar-refractivity contribution in [3.63, 3.8) is 0 Å². The van der Waals surface area contributed by atoms with Gasteiger partial charge in [0.15, 0.2) is 11.1 Å². The van der Waals surface area contributed by atoms with Crippen molar-refractivity contribution >= 4 is 28.6 Å². The van der Waals surface area contributed by atoms with Gasteiger partial charge in [-0.25, -0.2) is 4.98 Å². The molecule has 3 rings (SSSR count). The van der Waals surface area contributed by atoms with Crippen LogP contribution in [0.25, 0.3) is 0 Å². The topological polar surface area (TPSA) is 102 Å². The van der Waals surface area contributed by atoms with Crippen molar-refractivity contribution in [1.29, 1.82) is 0 Å². The van der Waals surface area contributed by atoms with E-state index in [0.717, 1.165) is 50.3 Å². The second-order valence-electron chi connectivity index (χ2n) is 6.63. The van der Waals surface area contributed by atoms with Crippen LogP contribution in [0.5, 0.6) is 0 Å². The molecule has 0 bridgehead atoms. The smallest absolute Gasteiger partial charge is 0.233 e. The number of nitrogens with one attached hydrogen (secondary N) is 2. The van der Waals surface area contributed by atoms with Crippen LogP contribution in [0.2, 0.25) is 0 Å². The molecule has 3 heterocycles. The monoisotopic (exact) mass is 413 g/mol. The summed E-state index contributed by atoms with van der Waals surface area (Å²) in [6, 6.07) is 9.85. The van der Waals surface area contributed by atoms with Crippen molar-refractivity contribution in [1.82, 2.24) is 18.7 Å². The number of hydrogen-bond acceptors (Lipinski definition) is 8. The lowest BCUT2D eigenvalue weighted by Crippen LogP contribution is -2.26. The summed E-state index contributed by atoms with van der Waals surface area (Å²) < 4.78 is 19.8. The van der Waals surface area contributed by atoms with E-state index in [1.165, 1.54) is 0 Å². The van der Waals surface area contributed by atoms with Gasteiger partial charge in [-0.05, 0) is 49.1 Å². The first kappa shape index (κ1) is 20.9. The number of unbranched alkanes of at least 4 members (excludes halogenated alkanes) is 1. The summed E-state index contributed by atoms with van der Waals surface area (Å²) in [5.74, 6) is 2.13. The highest BCUT2D eigenvalue weighted by Crippen LogP contribution is 2.23. The molecule has 3 aromatic heterocycles. The molecule has 0 aliphatic carbocycles. The summed E-state index contributed by atoms with van der Waals surface area (Å²) in [6.45, 7) is 5.44. The molecule has 0 aliphatic rings. The fourth-order valence-corrected chi connectivity index (χ4v) is 3.62. The normalized spacial score (nSPS) is 11.3. The Balaban J connectivity index is 1.44. The van der Waals surface area contributed by atoms with Crippen LogP contribution in [0.15, 0.2) is 48.9 Å². The molecule has 1 unspecified atom stereocenters. The maximum Gasteiger partial charge on any atom is 0.233 e. The zero-order valence-corrected chi connectivity index (χ0v) is 17.4. The minimum atomic E-state index is -1.56. The predicted octanol–water partition coefficient (Wildman–Crippen LogP) is 3.72. The predicted molar refractivity (Wildman–Crippen MR) is 117 cm³/mol. The van der Waals surface area contributed by atoms with E-state index in [1.807, 2.05) is 36.5 Å². The standard InChI is InChI=1S/C20H27N7OS/c1-2-14-27(18-7-3-4-10-22-18)15-6-5-11-23-19-20(26-29(28)25-19)24-16-17-8-12-21-13-9-17/h3-4,7-10,12-13H,2,5-6,11,14-16H2,1H3,(H,23,25)(H,24,26). The number of anilines is 3. The highest BCUT2D eigenvalue weighted by molar-refractivity contribution is 7.14. The minimum Gasteiger partial charge on any atom is -0.546 e. The molecule has 9 heteroatoms. The van der Waals surface area contributed by atoms with Crippen LogP contribution in [-0.2, 0) is 6.54 Å². The second-order valence-corrected chi connectivity index (χ2v) is 7.45. The Morgan fingerprint density at radius 1 is 0.966 bits per heavy atom. The van der Waals surface area contributed by atoms with E-state index in [0.29, 0.717) is 18.2 Å². The third kappa shape index (κ3) is 6.65. The molecule has 0 aromatic carbocycles. The summed E-state index contributed by atoms with van der Waals surface area (Å²) in [5, 5.41) is 6.46. The van der Waals surface area contributed by atoms with Crippen LogP contribution in [0, 0.1) is 0 Å². The van der Waals surface area contributed by atoms with Gasteiger partial charge >= 0.3 is 0 Å². The van der Waals surface area contributed by atoms with Gasteiger partial charge in [-0.3, -0.25) is 4.98 Å². The van der Waals surface area contributed by atoms with E-state index in [-0.39, 0.29) is 0 Å². The highest BCUT2D eigenvalue weighted by Gasteiger charge is 2.15. The molecule has 0 amide bonds. The quantitative estimate of drug-likeness (QED) is 0.342. The zero-order valence-electron chi connectivity index (χ0n) is 16.6. The maximum absolute atomic E-state index is 11.7. The first-order valence-electron chi connectivity index (χ1n) is 9.88. The summed E-state index contributed by atoms with van der Waals surface area (Å²) in [7, 11) is 0. The Hall–Kier alpha value is -2.78. The van der Waals surface area contributed by atoms with Crippen LogP contribution in [-0.4, -0.2) is 42.9 Å².